The third-order valence-electron chi connectivity index (χ3n) is 2.14. The fourth-order valence-corrected chi connectivity index (χ4v) is 1.29. The Morgan fingerprint density at radius 2 is 2.07 bits per heavy atom. The first kappa shape index (κ1) is 9.71. The van der Waals surface area contributed by atoms with Crippen LogP contribution in [-0.4, -0.2) is 28.0 Å². The number of rotatable bonds is 2. The van der Waals surface area contributed by atoms with Crippen LogP contribution < -0.4 is 0 Å². The van der Waals surface area contributed by atoms with Crippen molar-refractivity contribution in [1.29, 1.82) is 0 Å². The van der Waals surface area contributed by atoms with Gasteiger partial charge in [0.05, 0.1) is 5.56 Å². The number of Topliss-reactive ketones (excluding diaryl/α,β-unsaturated/α-hetero) is 1. The lowest BCUT2D eigenvalue weighted by atomic mass is 10.2. The van der Waals surface area contributed by atoms with Gasteiger partial charge in [-0.05, 0) is 19.4 Å². The summed E-state index contributed by atoms with van der Waals surface area (Å²) in [5, 5.41) is 0. The Balaban J connectivity index is 2.27. The minimum atomic E-state index is -0.0253. The number of dihydropyridines is 1. The molecule has 0 unspecified atom stereocenters. The molecule has 4 nitrogen and oxygen atoms in total. The van der Waals surface area contributed by atoms with Gasteiger partial charge in [-0.2, -0.15) is 0 Å². The molecule has 15 heavy (non-hydrogen) atoms. The summed E-state index contributed by atoms with van der Waals surface area (Å²) in [7, 11) is 0. The molecule has 0 bridgehead atoms. The number of hydrogen-bond acceptors (Lipinski definition) is 4. The molecule has 0 atom stereocenters. The van der Waals surface area contributed by atoms with Crippen molar-refractivity contribution < 1.29 is 4.79 Å². The van der Waals surface area contributed by atoms with E-state index in [1.54, 1.807) is 0 Å². The van der Waals surface area contributed by atoms with E-state index in [0.29, 0.717) is 11.4 Å². The van der Waals surface area contributed by atoms with E-state index in [4.69, 9.17) is 0 Å². The Morgan fingerprint density at radius 1 is 1.33 bits per heavy atom. The molecule has 0 radical (unpaired) electrons. The van der Waals surface area contributed by atoms with Crippen LogP contribution in [0.5, 0.6) is 0 Å². The Labute approximate surface area is 87.8 Å². The van der Waals surface area contributed by atoms with E-state index in [-0.39, 0.29) is 5.78 Å². The van der Waals surface area contributed by atoms with E-state index in [1.807, 2.05) is 12.2 Å². The molecule has 0 aliphatic carbocycles. The zero-order valence-electron chi connectivity index (χ0n) is 8.47. The summed E-state index contributed by atoms with van der Waals surface area (Å²) in [5.74, 6) is 0.554. The van der Waals surface area contributed by atoms with Gasteiger partial charge in [0.2, 0.25) is 0 Å². The van der Waals surface area contributed by atoms with Crippen molar-refractivity contribution >= 4 is 11.5 Å². The molecule has 1 aliphatic heterocycles. The molecule has 0 saturated heterocycles. The number of nitrogens with zero attached hydrogens (tertiary/aromatic N) is 3. The number of carbonyl (C=O) groups excluding carboxylic acids is 1. The lowest BCUT2D eigenvalue weighted by Crippen LogP contribution is -2.08. The maximum absolute atomic E-state index is 11.0. The van der Waals surface area contributed by atoms with Crippen LogP contribution in [0.15, 0.2) is 29.5 Å². The molecule has 0 saturated carbocycles. The van der Waals surface area contributed by atoms with Crippen molar-refractivity contribution in [2.24, 2.45) is 4.99 Å². The zero-order chi connectivity index (χ0) is 10.7. The molecule has 1 aromatic heterocycles. The van der Waals surface area contributed by atoms with E-state index >= 15 is 0 Å². The second-order valence-electron chi connectivity index (χ2n) is 3.31. The van der Waals surface area contributed by atoms with Crippen molar-refractivity contribution in [3.63, 3.8) is 0 Å². The molecule has 0 spiro atoms. The summed E-state index contributed by atoms with van der Waals surface area (Å²) in [4.78, 5) is 23.5. The zero-order valence-corrected chi connectivity index (χ0v) is 8.47. The van der Waals surface area contributed by atoms with Crippen LogP contribution in [0.2, 0.25) is 0 Å². The maximum atomic E-state index is 11.0. The highest BCUT2D eigenvalue weighted by Crippen LogP contribution is 2.04. The fourth-order valence-electron chi connectivity index (χ4n) is 1.29. The van der Waals surface area contributed by atoms with E-state index in [9.17, 15) is 4.79 Å². The second kappa shape index (κ2) is 4.13. The number of ketones is 1. The van der Waals surface area contributed by atoms with E-state index in [0.717, 1.165) is 18.7 Å². The monoisotopic (exact) mass is 201 g/mol. The first-order chi connectivity index (χ1) is 7.27. The molecular formula is C11H11N3O. The summed E-state index contributed by atoms with van der Waals surface area (Å²) in [6.45, 7) is 2.28. The highest BCUT2D eigenvalue weighted by Gasteiger charge is 2.07. The van der Waals surface area contributed by atoms with Gasteiger partial charge in [0.1, 0.15) is 5.71 Å². The van der Waals surface area contributed by atoms with Crippen LogP contribution in [0, 0.1) is 0 Å². The first-order valence-corrected chi connectivity index (χ1v) is 4.82. The van der Waals surface area contributed by atoms with Crippen molar-refractivity contribution in [3.8, 4) is 0 Å². The Bertz CT molecular complexity index is 432. The van der Waals surface area contributed by atoms with Gasteiger partial charge in [-0.3, -0.25) is 9.79 Å². The normalized spacial score (nSPS) is 14.9. The largest absolute Gasteiger partial charge is 0.294 e. The van der Waals surface area contributed by atoms with Gasteiger partial charge in [-0.25, -0.2) is 9.97 Å². The summed E-state index contributed by atoms with van der Waals surface area (Å²) >= 11 is 0. The van der Waals surface area contributed by atoms with Gasteiger partial charge in [0.15, 0.2) is 11.6 Å². The van der Waals surface area contributed by atoms with Gasteiger partial charge in [-0.1, -0.05) is 6.08 Å². The average molecular weight is 201 g/mol. The van der Waals surface area contributed by atoms with Gasteiger partial charge >= 0.3 is 0 Å². The van der Waals surface area contributed by atoms with E-state index in [1.165, 1.54) is 19.3 Å². The van der Waals surface area contributed by atoms with Crippen LogP contribution in [0.3, 0.4) is 0 Å². The average Bonchev–Trinajstić information content (AvgIpc) is 2.30. The van der Waals surface area contributed by atoms with Gasteiger partial charge in [0.25, 0.3) is 0 Å². The maximum Gasteiger partial charge on any atom is 0.177 e. The molecule has 2 heterocycles. The third kappa shape index (κ3) is 2.15. The molecule has 1 aromatic rings. The van der Waals surface area contributed by atoms with Crippen molar-refractivity contribution in [2.75, 3.05) is 6.54 Å². The van der Waals surface area contributed by atoms with Crippen LogP contribution in [-0.2, 0) is 0 Å². The first-order valence-electron chi connectivity index (χ1n) is 4.82. The predicted molar refractivity (Wildman–Crippen MR) is 57.2 cm³/mol. The number of hydrogen-bond donors (Lipinski definition) is 0. The van der Waals surface area contributed by atoms with Gasteiger partial charge in [-0.15, -0.1) is 0 Å². The molecular weight excluding hydrogens is 190 g/mol. The van der Waals surface area contributed by atoms with Crippen LogP contribution in [0.4, 0.5) is 0 Å². The van der Waals surface area contributed by atoms with Crippen LogP contribution >= 0.6 is 0 Å². The quantitative estimate of drug-likeness (QED) is 0.680. The summed E-state index contributed by atoms with van der Waals surface area (Å²) in [6.07, 6.45) is 8.00. The van der Waals surface area contributed by atoms with Gasteiger partial charge in [0, 0.05) is 18.9 Å². The molecule has 0 N–H and O–H groups in total. The minimum absolute atomic E-state index is 0.0253. The second-order valence-corrected chi connectivity index (χ2v) is 3.31. The predicted octanol–water partition coefficient (Wildman–Crippen LogP) is 1.43. The van der Waals surface area contributed by atoms with Crippen molar-refractivity contribution in [3.05, 3.63) is 35.9 Å². The Morgan fingerprint density at radius 3 is 2.60 bits per heavy atom. The highest BCUT2D eigenvalue weighted by molar-refractivity contribution is 6.06. The molecule has 0 amide bonds. The standard InChI is InChI=1S/C11H11N3O/c1-8(15)9-6-13-11(14-7-9)10-4-2-3-5-12-10/h2,4,6-7H,3,5H2,1H3. The third-order valence-corrected chi connectivity index (χ3v) is 2.14. The number of aliphatic imine (C=N–C) groups is 1. The summed E-state index contributed by atoms with van der Waals surface area (Å²) < 4.78 is 0. The lowest BCUT2D eigenvalue weighted by molar-refractivity contribution is 0.101. The van der Waals surface area contributed by atoms with E-state index < -0.39 is 0 Å². The summed E-state index contributed by atoms with van der Waals surface area (Å²) in [6, 6.07) is 0. The van der Waals surface area contributed by atoms with Crippen LogP contribution in [0.25, 0.3) is 0 Å². The highest BCUT2D eigenvalue weighted by atomic mass is 16.1. The minimum Gasteiger partial charge on any atom is -0.294 e. The molecule has 4 heteroatoms. The molecule has 0 aromatic carbocycles. The smallest absolute Gasteiger partial charge is 0.177 e. The Kier molecular flexibility index (Phi) is 2.67. The van der Waals surface area contributed by atoms with Crippen molar-refractivity contribution in [1.82, 2.24) is 9.97 Å². The number of carbonyl (C=O) groups is 1. The topological polar surface area (TPSA) is 55.2 Å². The number of allylic oxidation sites excluding steroid dienone is 1. The van der Waals surface area contributed by atoms with Gasteiger partial charge < -0.3 is 0 Å². The van der Waals surface area contributed by atoms with Crippen LogP contribution in [0.1, 0.15) is 29.5 Å². The summed E-state index contributed by atoms with van der Waals surface area (Å²) in [5.41, 5.74) is 1.32. The van der Waals surface area contributed by atoms with E-state index in [2.05, 4.69) is 15.0 Å². The molecule has 2 rings (SSSR count). The van der Waals surface area contributed by atoms with Crippen molar-refractivity contribution in [2.45, 2.75) is 13.3 Å². The fraction of sp³-hybridized carbons (Fsp3) is 0.273. The Hall–Kier alpha value is -1.84. The molecule has 0 fully saturated rings. The SMILES string of the molecule is CC(=O)c1cnc(C2=NCCC=C2)nc1. The molecule has 76 valence electrons. The number of aromatic nitrogens is 2. The molecule has 1 aliphatic rings. The lowest BCUT2D eigenvalue weighted by Gasteiger charge is -2.04.